The zero-order valence-electron chi connectivity index (χ0n) is 19.8. The normalized spacial score (nSPS) is 11.7. The van der Waals surface area contributed by atoms with Gasteiger partial charge in [-0.15, -0.1) is 0 Å². The van der Waals surface area contributed by atoms with Crippen molar-refractivity contribution in [2.75, 3.05) is 10.0 Å². The predicted molar refractivity (Wildman–Crippen MR) is 150 cm³/mol. The first-order chi connectivity index (χ1) is 18.0. The van der Waals surface area contributed by atoms with Gasteiger partial charge in [-0.2, -0.15) is 0 Å². The second-order valence-electron chi connectivity index (χ2n) is 8.47. The number of benzene rings is 5. The molecule has 0 unspecified atom stereocenters. The largest absolute Gasteiger partial charge is 0.355 e. The molecule has 37 heavy (non-hydrogen) atoms. The Morgan fingerprint density at radius 3 is 1.84 bits per heavy atom. The summed E-state index contributed by atoms with van der Waals surface area (Å²) in [6.45, 7) is 0. The summed E-state index contributed by atoms with van der Waals surface area (Å²) < 4.78 is 28.7. The average molecular weight is 505 g/mol. The molecule has 0 aliphatic carbocycles. The highest BCUT2D eigenvalue weighted by Gasteiger charge is 2.15. The Morgan fingerprint density at radius 1 is 0.595 bits per heavy atom. The average Bonchev–Trinajstić information content (AvgIpc) is 2.93. The van der Waals surface area contributed by atoms with Crippen LogP contribution in [0.2, 0.25) is 0 Å². The molecule has 2 N–H and O–H groups in total. The van der Waals surface area contributed by atoms with Crippen molar-refractivity contribution >= 4 is 43.7 Å². The minimum absolute atomic E-state index is 0.134. The highest BCUT2D eigenvalue weighted by atomic mass is 32.2. The lowest BCUT2D eigenvalue weighted by atomic mass is 10.1. The van der Waals surface area contributed by atoms with Gasteiger partial charge >= 0.3 is 0 Å². The van der Waals surface area contributed by atoms with Crippen molar-refractivity contribution in [1.82, 2.24) is 0 Å². The number of allylic oxidation sites excluding steroid dienone is 1. The van der Waals surface area contributed by atoms with Crippen LogP contribution in [-0.2, 0) is 10.0 Å². The third kappa shape index (κ3) is 5.77. The molecule has 0 bridgehead atoms. The summed E-state index contributed by atoms with van der Waals surface area (Å²) in [5, 5.41) is 5.26. The molecule has 5 aromatic carbocycles. The summed E-state index contributed by atoms with van der Waals surface area (Å²) in [5.74, 6) is -0.134. The van der Waals surface area contributed by atoms with Gasteiger partial charge in [0.05, 0.1) is 4.90 Å². The fourth-order valence-corrected chi connectivity index (χ4v) is 5.02. The monoisotopic (exact) mass is 504 g/mol. The first-order valence-electron chi connectivity index (χ1n) is 11.7. The number of hydrogen-bond donors (Lipinski definition) is 2. The highest BCUT2D eigenvalue weighted by molar-refractivity contribution is 7.92. The highest BCUT2D eigenvalue weighted by Crippen LogP contribution is 2.24. The molecule has 0 spiro atoms. The SMILES string of the molecule is O=C(C=C(Nc1ccc(S(=O)(=O)Nc2ccc3ccccc3c2)cc1)c1ccccc1)c1ccccc1. The summed E-state index contributed by atoms with van der Waals surface area (Å²) in [7, 11) is -3.78. The third-order valence-corrected chi connectivity index (χ3v) is 7.26. The van der Waals surface area contributed by atoms with Crippen LogP contribution in [0.15, 0.2) is 138 Å². The van der Waals surface area contributed by atoms with Crippen LogP contribution in [0.25, 0.3) is 16.5 Å². The molecule has 0 atom stereocenters. The van der Waals surface area contributed by atoms with E-state index < -0.39 is 10.0 Å². The van der Waals surface area contributed by atoms with Crippen LogP contribution in [0.4, 0.5) is 11.4 Å². The van der Waals surface area contributed by atoms with Gasteiger partial charge in [-0.25, -0.2) is 8.42 Å². The molecule has 0 aliphatic heterocycles. The molecule has 0 amide bonds. The molecule has 5 nitrogen and oxygen atoms in total. The fourth-order valence-electron chi connectivity index (χ4n) is 3.97. The number of nitrogens with one attached hydrogen (secondary N) is 2. The van der Waals surface area contributed by atoms with E-state index >= 15 is 0 Å². The van der Waals surface area contributed by atoms with E-state index in [1.54, 1.807) is 36.4 Å². The van der Waals surface area contributed by atoms with Crippen LogP contribution in [-0.4, -0.2) is 14.2 Å². The maximum atomic E-state index is 13.0. The lowest BCUT2D eigenvalue weighted by molar-refractivity contribution is 0.104. The van der Waals surface area contributed by atoms with Crippen molar-refractivity contribution in [3.05, 3.63) is 145 Å². The molecule has 0 radical (unpaired) electrons. The third-order valence-electron chi connectivity index (χ3n) is 5.86. The van der Waals surface area contributed by atoms with Gasteiger partial charge in [0.25, 0.3) is 10.0 Å². The number of fused-ring (bicyclic) bond motifs is 1. The Balaban J connectivity index is 1.37. The second kappa shape index (κ2) is 10.5. The van der Waals surface area contributed by atoms with Gasteiger partial charge in [-0.3, -0.25) is 9.52 Å². The number of anilines is 2. The van der Waals surface area contributed by atoms with E-state index in [1.807, 2.05) is 84.9 Å². The van der Waals surface area contributed by atoms with Crippen molar-refractivity contribution in [3.8, 4) is 0 Å². The van der Waals surface area contributed by atoms with Gasteiger partial charge < -0.3 is 5.32 Å². The number of carbonyl (C=O) groups is 1. The molecule has 0 fully saturated rings. The fraction of sp³-hybridized carbons (Fsp3) is 0. The first kappa shape index (κ1) is 24.0. The Hall–Kier alpha value is -4.68. The van der Waals surface area contributed by atoms with E-state index in [4.69, 9.17) is 0 Å². The Kier molecular flexibility index (Phi) is 6.83. The number of hydrogen-bond acceptors (Lipinski definition) is 4. The van der Waals surface area contributed by atoms with Crippen LogP contribution in [0, 0.1) is 0 Å². The maximum Gasteiger partial charge on any atom is 0.261 e. The van der Waals surface area contributed by atoms with Gasteiger partial charge in [0.1, 0.15) is 0 Å². The van der Waals surface area contributed by atoms with Crippen LogP contribution in [0.5, 0.6) is 0 Å². The lowest BCUT2D eigenvalue weighted by Crippen LogP contribution is -2.13. The van der Waals surface area contributed by atoms with Crippen LogP contribution >= 0.6 is 0 Å². The van der Waals surface area contributed by atoms with Crippen molar-refractivity contribution in [2.24, 2.45) is 0 Å². The Morgan fingerprint density at radius 2 is 1.16 bits per heavy atom. The standard InChI is InChI=1S/C31H24N2O3S/c34-31(25-12-5-2-6-13-25)22-30(24-10-3-1-4-11-24)32-27-17-19-29(20-18-27)37(35,36)33-28-16-15-23-9-7-8-14-26(23)21-28/h1-22,32-33H. The van der Waals surface area contributed by atoms with E-state index in [1.165, 1.54) is 12.1 Å². The summed E-state index contributed by atoms with van der Waals surface area (Å²) in [6, 6.07) is 38.2. The van der Waals surface area contributed by atoms with E-state index in [2.05, 4.69) is 10.0 Å². The van der Waals surface area contributed by atoms with E-state index in [0.29, 0.717) is 22.6 Å². The summed E-state index contributed by atoms with van der Waals surface area (Å²) in [6.07, 6.45) is 1.55. The Bertz CT molecular complexity index is 1680. The van der Waals surface area contributed by atoms with Crippen molar-refractivity contribution in [2.45, 2.75) is 4.90 Å². The number of carbonyl (C=O) groups excluding carboxylic acids is 1. The van der Waals surface area contributed by atoms with E-state index in [-0.39, 0.29) is 10.7 Å². The van der Waals surface area contributed by atoms with Gasteiger partial charge in [0.15, 0.2) is 5.78 Å². The van der Waals surface area contributed by atoms with Crippen molar-refractivity contribution in [1.29, 1.82) is 0 Å². The molecule has 0 saturated heterocycles. The molecule has 0 heterocycles. The summed E-state index contributed by atoms with van der Waals surface area (Å²) in [5.41, 5.74) is 3.18. The zero-order valence-corrected chi connectivity index (χ0v) is 20.7. The van der Waals surface area contributed by atoms with Gasteiger partial charge in [0.2, 0.25) is 0 Å². The molecule has 5 rings (SSSR count). The van der Waals surface area contributed by atoms with Crippen LogP contribution < -0.4 is 10.0 Å². The molecule has 0 aliphatic rings. The topological polar surface area (TPSA) is 75.3 Å². The van der Waals surface area contributed by atoms with Gasteiger partial charge in [-0.05, 0) is 52.7 Å². The molecule has 5 aromatic rings. The molecule has 0 saturated carbocycles. The predicted octanol–water partition coefficient (Wildman–Crippen LogP) is 6.98. The minimum atomic E-state index is -3.78. The number of rotatable bonds is 8. The molecule has 0 aromatic heterocycles. The van der Waals surface area contributed by atoms with E-state index in [0.717, 1.165) is 16.3 Å². The summed E-state index contributed by atoms with van der Waals surface area (Å²) >= 11 is 0. The number of sulfonamides is 1. The molecular formula is C31H24N2O3S. The summed E-state index contributed by atoms with van der Waals surface area (Å²) in [4.78, 5) is 13.0. The minimum Gasteiger partial charge on any atom is -0.355 e. The lowest BCUT2D eigenvalue weighted by Gasteiger charge is -2.13. The smallest absolute Gasteiger partial charge is 0.261 e. The second-order valence-corrected chi connectivity index (χ2v) is 10.2. The van der Waals surface area contributed by atoms with Gasteiger partial charge in [0, 0.05) is 28.7 Å². The van der Waals surface area contributed by atoms with Crippen molar-refractivity contribution < 1.29 is 13.2 Å². The van der Waals surface area contributed by atoms with E-state index in [9.17, 15) is 13.2 Å². The van der Waals surface area contributed by atoms with Gasteiger partial charge in [-0.1, -0.05) is 91.0 Å². The number of ketones is 1. The molecular weight excluding hydrogens is 480 g/mol. The zero-order chi connectivity index (χ0) is 25.7. The molecule has 6 heteroatoms. The Labute approximate surface area is 216 Å². The molecule has 182 valence electrons. The maximum absolute atomic E-state index is 13.0. The quantitative estimate of drug-likeness (QED) is 0.177. The van der Waals surface area contributed by atoms with Crippen molar-refractivity contribution in [3.63, 3.8) is 0 Å². The van der Waals surface area contributed by atoms with Crippen LogP contribution in [0.3, 0.4) is 0 Å². The van der Waals surface area contributed by atoms with Crippen LogP contribution in [0.1, 0.15) is 15.9 Å². The first-order valence-corrected chi connectivity index (χ1v) is 13.2.